The van der Waals surface area contributed by atoms with Gasteiger partial charge in [0.2, 0.25) is 5.91 Å². The van der Waals surface area contributed by atoms with Crippen LogP contribution >= 0.6 is 11.6 Å². The zero-order valence-electron chi connectivity index (χ0n) is 8.23. The number of hydrogen-bond acceptors (Lipinski definition) is 2. The second kappa shape index (κ2) is 4.86. The molecule has 0 unspecified atom stereocenters. The summed E-state index contributed by atoms with van der Waals surface area (Å²) in [4.78, 5) is 11.1. The molecule has 0 fully saturated rings. The van der Waals surface area contributed by atoms with E-state index >= 15 is 0 Å². The van der Waals surface area contributed by atoms with Crippen LogP contribution in [0.25, 0.3) is 0 Å². The minimum Gasteiger partial charge on any atom is -0.387 e. The van der Waals surface area contributed by atoms with Gasteiger partial charge in [0.1, 0.15) is 0 Å². The van der Waals surface area contributed by atoms with E-state index in [9.17, 15) is 4.79 Å². The third-order valence-electron chi connectivity index (χ3n) is 1.84. The highest BCUT2D eigenvalue weighted by Crippen LogP contribution is 2.24. The number of halogens is 1. The fourth-order valence-electron chi connectivity index (χ4n) is 1.04. The van der Waals surface area contributed by atoms with Gasteiger partial charge in [0.15, 0.2) is 0 Å². The molecule has 14 heavy (non-hydrogen) atoms. The highest BCUT2D eigenvalue weighted by Gasteiger charge is 2.02. The first-order valence-electron chi connectivity index (χ1n) is 4.44. The van der Waals surface area contributed by atoms with Crippen LogP contribution in [0.15, 0.2) is 18.2 Å². The maximum absolute atomic E-state index is 11.1. The zero-order chi connectivity index (χ0) is 10.6. The fraction of sp³-hybridized carbons (Fsp3) is 0.300. The Kier molecular flexibility index (Phi) is 3.77. The number of anilines is 2. The van der Waals surface area contributed by atoms with E-state index in [0.29, 0.717) is 11.4 Å². The number of amides is 1. The highest BCUT2D eigenvalue weighted by atomic mass is 35.5. The van der Waals surface area contributed by atoms with Crippen LogP contribution < -0.4 is 10.6 Å². The summed E-state index contributed by atoms with van der Waals surface area (Å²) in [5.41, 5.74) is 1.56. The van der Waals surface area contributed by atoms with Gasteiger partial charge in [-0.05, 0) is 18.2 Å². The van der Waals surface area contributed by atoms with Crippen molar-refractivity contribution in [3.8, 4) is 0 Å². The Bertz CT molecular complexity index is 339. The number of carbonyl (C=O) groups excluding carboxylic acids is 1. The van der Waals surface area contributed by atoms with Gasteiger partial charge in [0.25, 0.3) is 0 Å². The standard InChI is InChI=1S/C10H13ClN2O/c1-3-10(14)13-7-4-5-8(11)9(6-7)12-2/h4-6,12H,3H2,1-2H3,(H,13,14). The van der Waals surface area contributed by atoms with Crippen LogP contribution in [0.4, 0.5) is 11.4 Å². The molecule has 0 radical (unpaired) electrons. The molecule has 0 aliphatic rings. The van der Waals surface area contributed by atoms with Gasteiger partial charge in [0, 0.05) is 19.2 Å². The molecule has 1 rings (SSSR count). The summed E-state index contributed by atoms with van der Waals surface area (Å²) in [5, 5.41) is 6.34. The van der Waals surface area contributed by atoms with E-state index in [-0.39, 0.29) is 5.91 Å². The summed E-state index contributed by atoms with van der Waals surface area (Å²) in [5.74, 6) is -0.00521. The largest absolute Gasteiger partial charge is 0.387 e. The molecule has 2 N–H and O–H groups in total. The van der Waals surface area contributed by atoms with Crippen LogP contribution in [0.1, 0.15) is 13.3 Å². The Balaban J connectivity index is 2.84. The number of nitrogens with one attached hydrogen (secondary N) is 2. The summed E-state index contributed by atoms with van der Waals surface area (Å²) < 4.78 is 0. The van der Waals surface area contributed by atoms with Crippen LogP contribution in [0.5, 0.6) is 0 Å². The lowest BCUT2D eigenvalue weighted by atomic mass is 10.2. The monoisotopic (exact) mass is 212 g/mol. The van der Waals surface area contributed by atoms with E-state index in [4.69, 9.17) is 11.6 Å². The van der Waals surface area contributed by atoms with Gasteiger partial charge >= 0.3 is 0 Å². The van der Waals surface area contributed by atoms with Gasteiger partial charge in [0.05, 0.1) is 10.7 Å². The summed E-state index contributed by atoms with van der Waals surface area (Å²) in [7, 11) is 1.78. The quantitative estimate of drug-likeness (QED) is 0.809. The van der Waals surface area contributed by atoms with Crippen molar-refractivity contribution < 1.29 is 4.79 Å². The first-order chi connectivity index (χ1) is 6.67. The Morgan fingerprint density at radius 2 is 2.21 bits per heavy atom. The molecule has 0 heterocycles. The van der Waals surface area contributed by atoms with Gasteiger partial charge < -0.3 is 10.6 Å². The van der Waals surface area contributed by atoms with Crippen molar-refractivity contribution in [1.82, 2.24) is 0 Å². The lowest BCUT2D eigenvalue weighted by Gasteiger charge is -2.07. The van der Waals surface area contributed by atoms with Gasteiger partial charge in [-0.3, -0.25) is 4.79 Å². The number of rotatable bonds is 3. The first-order valence-corrected chi connectivity index (χ1v) is 4.82. The van der Waals surface area contributed by atoms with E-state index in [0.717, 1.165) is 11.4 Å². The van der Waals surface area contributed by atoms with Crippen molar-refractivity contribution >= 4 is 28.9 Å². The minimum atomic E-state index is -0.00521. The van der Waals surface area contributed by atoms with E-state index < -0.39 is 0 Å². The zero-order valence-corrected chi connectivity index (χ0v) is 8.98. The van der Waals surface area contributed by atoms with Crippen LogP contribution in [0.3, 0.4) is 0 Å². The van der Waals surface area contributed by atoms with Crippen LogP contribution in [-0.2, 0) is 4.79 Å². The SMILES string of the molecule is CCC(=O)Nc1ccc(Cl)c(NC)c1. The molecule has 76 valence electrons. The fourth-order valence-corrected chi connectivity index (χ4v) is 1.26. The first kappa shape index (κ1) is 10.9. The molecule has 0 bridgehead atoms. The molecule has 1 aromatic rings. The van der Waals surface area contributed by atoms with Gasteiger partial charge in [-0.15, -0.1) is 0 Å². The minimum absolute atomic E-state index is 0.00521. The van der Waals surface area contributed by atoms with Crippen molar-refractivity contribution in [2.45, 2.75) is 13.3 Å². The molecule has 0 spiro atoms. The molecule has 0 saturated heterocycles. The third-order valence-corrected chi connectivity index (χ3v) is 2.17. The Hall–Kier alpha value is -1.22. The van der Waals surface area contributed by atoms with Crippen LogP contribution in [-0.4, -0.2) is 13.0 Å². The van der Waals surface area contributed by atoms with Gasteiger partial charge in [-0.2, -0.15) is 0 Å². The summed E-state index contributed by atoms with van der Waals surface area (Å²) in [6, 6.07) is 5.32. The molecule has 4 heteroatoms. The van der Waals surface area contributed by atoms with Crippen molar-refractivity contribution in [3.05, 3.63) is 23.2 Å². The number of benzene rings is 1. The summed E-state index contributed by atoms with van der Waals surface area (Å²) in [6.45, 7) is 1.81. The molecule has 0 aliphatic heterocycles. The predicted molar refractivity (Wildman–Crippen MR) is 59.9 cm³/mol. The Morgan fingerprint density at radius 1 is 1.50 bits per heavy atom. The van der Waals surface area contributed by atoms with E-state index in [1.54, 1.807) is 25.2 Å². The number of carbonyl (C=O) groups is 1. The van der Waals surface area contributed by atoms with Crippen molar-refractivity contribution in [3.63, 3.8) is 0 Å². The van der Waals surface area contributed by atoms with Crippen molar-refractivity contribution in [1.29, 1.82) is 0 Å². The van der Waals surface area contributed by atoms with Crippen molar-refractivity contribution in [2.24, 2.45) is 0 Å². The normalized spacial score (nSPS) is 9.64. The summed E-state index contributed by atoms with van der Waals surface area (Å²) >= 11 is 5.89. The second-order valence-electron chi connectivity index (χ2n) is 2.85. The highest BCUT2D eigenvalue weighted by molar-refractivity contribution is 6.33. The molecule has 1 aromatic carbocycles. The molecule has 3 nitrogen and oxygen atoms in total. The summed E-state index contributed by atoms with van der Waals surface area (Å²) in [6.07, 6.45) is 0.470. The molecule has 1 amide bonds. The van der Waals surface area contributed by atoms with E-state index in [1.807, 2.05) is 6.92 Å². The predicted octanol–water partition coefficient (Wildman–Crippen LogP) is 2.73. The van der Waals surface area contributed by atoms with Crippen LogP contribution in [0.2, 0.25) is 5.02 Å². The third kappa shape index (κ3) is 2.64. The van der Waals surface area contributed by atoms with Crippen molar-refractivity contribution in [2.75, 3.05) is 17.7 Å². The maximum atomic E-state index is 11.1. The topological polar surface area (TPSA) is 41.1 Å². The Labute approximate surface area is 88.5 Å². The average Bonchev–Trinajstić information content (AvgIpc) is 2.20. The van der Waals surface area contributed by atoms with E-state index in [1.165, 1.54) is 0 Å². The molecular weight excluding hydrogens is 200 g/mol. The lowest BCUT2D eigenvalue weighted by Crippen LogP contribution is -2.09. The molecule has 0 aromatic heterocycles. The smallest absolute Gasteiger partial charge is 0.224 e. The van der Waals surface area contributed by atoms with Gasteiger partial charge in [-0.25, -0.2) is 0 Å². The van der Waals surface area contributed by atoms with E-state index in [2.05, 4.69) is 10.6 Å². The molecule has 0 saturated carbocycles. The van der Waals surface area contributed by atoms with Crippen LogP contribution in [0, 0.1) is 0 Å². The molecule has 0 atom stereocenters. The molecule has 0 aliphatic carbocycles. The lowest BCUT2D eigenvalue weighted by molar-refractivity contribution is -0.115. The number of hydrogen-bond donors (Lipinski definition) is 2. The average molecular weight is 213 g/mol. The maximum Gasteiger partial charge on any atom is 0.224 e. The second-order valence-corrected chi connectivity index (χ2v) is 3.25. The molecular formula is C10H13ClN2O. The van der Waals surface area contributed by atoms with Gasteiger partial charge in [-0.1, -0.05) is 18.5 Å². The Morgan fingerprint density at radius 3 is 2.79 bits per heavy atom.